The minimum atomic E-state index is 0.0722. The fourth-order valence-electron chi connectivity index (χ4n) is 2.23. The van der Waals surface area contributed by atoms with Crippen LogP contribution >= 0.6 is 15.9 Å². The highest BCUT2D eigenvalue weighted by Crippen LogP contribution is 2.30. The molecule has 1 atom stereocenters. The average molecular weight is 312 g/mol. The second-order valence-electron chi connectivity index (χ2n) is 4.50. The lowest BCUT2D eigenvalue weighted by molar-refractivity contribution is 0.217. The van der Waals surface area contributed by atoms with Gasteiger partial charge in [-0.05, 0) is 48.1 Å². The number of anilines is 1. The molecule has 1 aromatic carbocycles. The molecule has 98 valence electrons. The molecule has 18 heavy (non-hydrogen) atoms. The van der Waals surface area contributed by atoms with Crippen LogP contribution in [0.5, 0.6) is 0 Å². The van der Waals surface area contributed by atoms with Crippen LogP contribution in [0.2, 0.25) is 0 Å². The topological polar surface area (TPSA) is 35.6 Å². The van der Waals surface area contributed by atoms with Gasteiger partial charge < -0.3 is 10.2 Å². The molecule has 1 aromatic rings. The molecule has 0 aromatic heterocycles. The molecule has 1 fully saturated rings. The van der Waals surface area contributed by atoms with E-state index in [1.165, 1.54) is 0 Å². The first kappa shape index (κ1) is 13.4. The van der Waals surface area contributed by atoms with E-state index >= 15 is 0 Å². The summed E-state index contributed by atoms with van der Waals surface area (Å²) < 4.78 is 0.959. The van der Waals surface area contributed by atoms with E-state index in [1.807, 2.05) is 48.2 Å². The van der Waals surface area contributed by atoms with Crippen molar-refractivity contribution in [3.05, 3.63) is 28.7 Å². The molecule has 2 rings (SSSR count). The SMILES string of the molecule is CNCCC1CN(c2ccccc2Br)C(=O)N1C. The first-order valence-electron chi connectivity index (χ1n) is 6.08. The Hall–Kier alpha value is -1.07. The number of amides is 2. The van der Waals surface area contributed by atoms with Crippen LogP contribution in [0.4, 0.5) is 10.5 Å². The fraction of sp³-hybridized carbons (Fsp3) is 0.462. The van der Waals surface area contributed by atoms with Crippen molar-refractivity contribution in [3.8, 4) is 0 Å². The van der Waals surface area contributed by atoms with E-state index in [9.17, 15) is 4.79 Å². The number of hydrogen-bond acceptors (Lipinski definition) is 2. The van der Waals surface area contributed by atoms with Gasteiger partial charge in [0.1, 0.15) is 0 Å². The van der Waals surface area contributed by atoms with Gasteiger partial charge >= 0.3 is 6.03 Å². The first-order valence-corrected chi connectivity index (χ1v) is 6.88. The Balaban J connectivity index is 2.16. The average Bonchev–Trinajstić information content (AvgIpc) is 2.65. The van der Waals surface area contributed by atoms with Crippen LogP contribution in [0.3, 0.4) is 0 Å². The van der Waals surface area contributed by atoms with Gasteiger partial charge in [0.15, 0.2) is 0 Å². The van der Waals surface area contributed by atoms with Crippen molar-refractivity contribution in [2.75, 3.05) is 32.1 Å². The molecule has 0 bridgehead atoms. The van der Waals surface area contributed by atoms with Gasteiger partial charge in [-0.1, -0.05) is 12.1 Å². The monoisotopic (exact) mass is 311 g/mol. The fourth-order valence-corrected chi connectivity index (χ4v) is 2.72. The van der Waals surface area contributed by atoms with Crippen LogP contribution in [0.1, 0.15) is 6.42 Å². The molecule has 0 aliphatic carbocycles. The van der Waals surface area contributed by atoms with E-state index in [-0.39, 0.29) is 12.1 Å². The Morgan fingerprint density at radius 3 is 2.83 bits per heavy atom. The molecule has 1 aliphatic rings. The molecular formula is C13H18BrN3O. The maximum atomic E-state index is 12.2. The van der Waals surface area contributed by atoms with Crippen LogP contribution < -0.4 is 10.2 Å². The number of para-hydroxylation sites is 1. The van der Waals surface area contributed by atoms with Crippen molar-refractivity contribution in [2.45, 2.75) is 12.5 Å². The highest BCUT2D eigenvalue weighted by atomic mass is 79.9. The molecule has 5 heteroatoms. The number of urea groups is 1. The Kier molecular flexibility index (Phi) is 4.24. The van der Waals surface area contributed by atoms with E-state index in [0.717, 1.165) is 29.7 Å². The molecule has 1 heterocycles. The predicted molar refractivity (Wildman–Crippen MR) is 77.0 cm³/mol. The van der Waals surface area contributed by atoms with E-state index in [2.05, 4.69) is 21.2 Å². The number of benzene rings is 1. The Morgan fingerprint density at radius 2 is 2.17 bits per heavy atom. The molecule has 0 spiro atoms. The van der Waals surface area contributed by atoms with E-state index in [0.29, 0.717) is 0 Å². The molecule has 2 amide bonds. The van der Waals surface area contributed by atoms with Crippen LogP contribution in [-0.2, 0) is 0 Å². The summed E-state index contributed by atoms with van der Waals surface area (Å²) in [6.07, 6.45) is 0.972. The third kappa shape index (κ3) is 2.52. The van der Waals surface area contributed by atoms with E-state index in [4.69, 9.17) is 0 Å². The van der Waals surface area contributed by atoms with Gasteiger partial charge in [-0.2, -0.15) is 0 Å². The van der Waals surface area contributed by atoms with Crippen molar-refractivity contribution in [1.82, 2.24) is 10.2 Å². The van der Waals surface area contributed by atoms with Gasteiger partial charge in [-0.25, -0.2) is 4.79 Å². The summed E-state index contributed by atoms with van der Waals surface area (Å²) >= 11 is 3.50. The van der Waals surface area contributed by atoms with Crippen LogP contribution in [-0.4, -0.2) is 44.2 Å². The summed E-state index contributed by atoms with van der Waals surface area (Å²) in [5.41, 5.74) is 0.946. The number of nitrogens with one attached hydrogen (secondary N) is 1. The Labute approximate surface area is 116 Å². The second kappa shape index (κ2) is 5.71. The number of carbonyl (C=O) groups excluding carboxylic acids is 1. The summed E-state index contributed by atoms with van der Waals surface area (Å²) in [5, 5.41) is 3.13. The summed E-state index contributed by atoms with van der Waals surface area (Å²) in [6.45, 7) is 1.67. The zero-order valence-corrected chi connectivity index (χ0v) is 12.3. The van der Waals surface area contributed by atoms with E-state index < -0.39 is 0 Å². The highest BCUT2D eigenvalue weighted by Gasteiger charge is 2.35. The molecular weight excluding hydrogens is 294 g/mol. The van der Waals surface area contributed by atoms with Crippen LogP contribution in [0.15, 0.2) is 28.7 Å². The van der Waals surface area contributed by atoms with Crippen molar-refractivity contribution in [2.24, 2.45) is 0 Å². The summed E-state index contributed by atoms with van der Waals surface area (Å²) in [4.78, 5) is 15.9. The van der Waals surface area contributed by atoms with Crippen molar-refractivity contribution in [1.29, 1.82) is 0 Å². The number of likely N-dealkylation sites (N-methyl/N-ethyl adjacent to an activating group) is 1. The van der Waals surface area contributed by atoms with Crippen molar-refractivity contribution < 1.29 is 4.79 Å². The third-order valence-corrected chi connectivity index (χ3v) is 4.02. The summed E-state index contributed by atoms with van der Waals surface area (Å²) in [6, 6.07) is 8.19. The van der Waals surface area contributed by atoms with E-state index in [1.54, 1.807) is 0 Å². The number of carbonyl (C=O) groups is 1. The number of hydrogen-bond donors (Lipinski definition) is 1. The van der Waals surface area contributed by atoms with Gasteiger partial charge in [0.2, 0.25) is 0 Å². The Bertz CT molecular complexity index is 438. The van der Waals surface area contributed by atoms with Crippen molar-refractivity contribution >= 4 is 27.6 Å². The maximum Gasteiger partial charge on any atom is 0.324 e. The minimum absolute atomic E-state index is 0.0722. The van der Waals surface area contributed by atoms with Crippen LogP contribution in [0, 0.1) is 0 Å². The molecule has 1 aliphatic heterocycles. The van der Waals surface area contributed by atoms with Crippen LogP contribution in [0.25, 0.3) is 0 Å². The zero-order valence-electron chi connectivity index (χ0n) is 10.7. The molecule has 0 saturated carbocycles. The number of nitrogens with zero attached hydrogens (tertiary/aromatic N) is 2. The van der Waals surface area contributed by atoms with Crippen molar-refractivity contribution in [3.63, 3.8) is 0 Å². The smallest absolute Gasteiger partial charge is 0.323 e. The molecule has 4 nitrogen and oxygen atoms in total. The quantitative estimate of drug-likeness (QED) is 0.926. The standard InChI is InChI=1S/C13H18BrN3O/c1-15-8-7-10-9-17(13(18)16(10)2)12-6-4-3-5-11(12)14/h3-6,10,15H,7-9H2,1-2H3. The lowest BCUT2D eigenvalue weighted by Gasteiger charge is -2.17. The third-order valence-electron chi connectivity index (χ3n) is 3.34. The molecule has 1 unspecified atom stereocenters. The van der Waals surface area contributed by atoms with Gasteiger partial charge in [0, 0.05) is 18.1 Å². The van der Waals surface area contributed by atoms with Gasteiger partial charge in [-0.15, -0.1) is 0 Å². The highest BCUT2D eigenvalue weighted by molar-refractivity contribution is 9.10. The zero-order chi connectivity index (χ0) is 13.1. The lowest BCUT2D eigenvalue weighted by atomic mass is 10.2. The predicted octanol–water partition coefficient (Wildman–Crippen LogP) is 2.30. The Morgan fingerprint density at radius 1 is 1.44 bits per heavy atom. The number of rotatable bonds is 4. The molecule has 0 radical (unpaired) electrons. The largest absolute Gasteiger partial charge is 0.324 e. The summed E-state index contributed by atoms with van der Waals surface area (Å²) in [5.74, 6) is 0. The van der Waals surface area contributed by atoms with Gasteiger partial charge in [0.05, 0.1) is 11.7 Å². The van der Waals surface area contributed by atoms with Gasteiger partial charge in [-0.3, -0.25) is 4.90 Å². The molecule has 1 N–H and O–H groups in total. The normalized spacial score (nSPS) is 19.7. The van der Waals surface area contributed by atoms with Gasteiger partial charge in [0.25, 0.3) is 0 Å². The molecule has 1 saturated heterocycles. The maximum absolute atomic E-state index is 12.2. The second-order valence-corrected chi connectivity index (χ2v) is 5.36. The summed E-state index contributed by atoms with van der Waals surface area (Å²) in [7, 11) is 3.81. The lowest BCUT2D eigenvalue weighted by Crippen LogP contribution is -2.32. The first-order chi connectivity index (χ1) is 8.65. The minimum Gasteiger partial charge on any atom is -0.323 e. The number of halogens is 1.